The highest BCUT2D eigenvalue weighted by atomic mass is 16.7. The van der Waals surface area contributed by atoms with Gasteiger partial charge in [-0.2, -0.15) is 0 Å². The fourth-order valence-corrected chi connectivity index (χ4v) is 10.3. The zero-order chi connectivity index (χ0) is 54.6. The lowest BCUT2D eigenvalue weighted by Crippen LogP contribution is -2.65. The minimum Gasteiger partial charge on any atom is -0.394 e. The van der Waals surface area contributed by atoms with Crippen molar-refractivity contribution >= 4 is 5.91 Å². The van der Waals surface area contributed by atoms with Crippen molar-refractivity contribution in [1.29, 1.82) is 0 Å². The molecule has 14 heteroatoms. The van der Waals surface area contributed by atoms with Crippen molar-refractivity contribution < 1.29 is 64.6 Å². The summed E-state index contributed by atoms with van der Waals surface area (Å²) in [5, 5.41) is 87.2. The second kappa shape index (κ2) is 47.3. The van der Waals surface area contributed by atoms with Gasteiger partial charge in [0.2, 0.25) is 5.91 Å². The molecule has 0 spiro atoms. The van der Waals surface area contributed by atoms with Crippen LogP contribution in [0.2, 0.25) is 0 Å². The molecule has 0 aromatic heterocycles. The quantitative estimate of drug-likeness (QED) is 0.0204. The molecule has 442 valence electrons. The predicted molar refractivity (Wildman–Crippen MR) is 300 cm³/mol. The van der Waals surface area contributed by atoms with E-state index < -0.39 is 86.8 Å². The topological polar surface area (TPSA) is 228 Å². The van der Waals surface area contributed by atoms with E-state index in [0.29, 0.717) is 6.42 Å². The first-order valence-electron chi connectivity index (χ1n) is 31.1. The van der Waals surface area contributed by atoms with Gasteiger partial charge in [0, 0.05) is 6.42 Å². The van der Waals surface area contributed by atoms with Crippen LogP contribution in [0.3, 0.4) is 0 Å². The molecule has 2 heterocycles. The normalized spacial score (nSPS) is 25.1. The van der Waals surface area contributed by atoms with Gasteiger partial charge in [-0.15, -0.1) is 0 Å². The van der Waals surface area contributed by atoms with E-state index in [-0.39, 0.29) is 18.9 Å². The van der Waals surface area contributed by atoms with E-state index in [0.717, 1.165) is 44.9 Å². The summed E-state index contributed by atoms with van der Waals surface area (Å²) in [7, 11) is 0. The second-order valence-corrected chi connectivity index (χ2v) is 22.2. The van der Waals surface area contributed by atoms with Crippen molar-refractivity contribution in [3.05, 3.63) is 24.3 Å². The molecule has 1 amide bonds. The Balaban J connectivity index is 1.75. The van der Waals surface area contributed by atoms with Gasteiger partial charge in [-0.1, -0.05) is 237 Å². The van der Waals surface area contributed by atoms with Crippen LogP contribution in [0.5, 0.6) is 0 Å². The van der Waals surface area contributed by atoms with Gasteiger partial charge in [0.05, 0.1) is 32.0 Å². The standard InChI is InChI=1S/C61H115NO13/c1-3-5-7-9-11-13-15-17-19-21-23-24-25-26-27-28-30-32-34-36-38-40-42-44-50(65)49(62-53(66)45-43-41-39-37-35-33-31-29-22-20-18-16-14-12-10-8-6-4-2)48-72-60-58(71)56(69)59(52(47-64)74-60)75-61-57(70)55(68)54(67)51(46-63)73-61/h20,22,42,44,49-52,54-61,63-65,67-71H,3-19,21,23-41,43,45-48H2,1-2H3,(H,62,66)/b22-20-,44-42+. The molecule has 2 saturated heterocycles. The van der Waals surface area contributed by atoms with Gasteiger partial charge in [-0.25, -0.2) is 0 Å². The maximum atomic E-state index is 13.3. The lowest BCUT2D eigenvalue weighted by molar-refractivity contribution is -0.359. The van der Waals surface area contributed by atoms with Gasteiger partial charge in [-0.05, 0) is 44.9 Å². The van der Waals surface area contributed by atoms with E-state index in [1.165, 1.54) is 193 Å². The summed E-state index contributed by atoms with van der Waals surface area (Å²) >= 11 is 0. The Morgan fingerprint density at radius 3 is 1.27 bits per heavy atom. The first-order chi connectivity index (χ1) is 36.6. The van der Waals surface area contributed by atoms with Gasteiger partial charge in [0.15, 0.2) is 12.6 Å². The van der Waals surface area contributed by atoms with Crippen molar-refractivity contribution in [3.8, 4) is 0 Å². The number of rotatable bonds is 50. The van der Waals surface area contributed by atoms with E-state index in [4.69, 9.17) is 18.9 Å². The minimum atomic E-state index is -1.79. The van der Waals surface area contributed by atoms with Crippen molar-refractivity contribution in [1.82, 2.24) is 5.32 Å². The van der Waals surface area contributed by atoms with Crippen molar-refractivity contribution in [3.63, 3.8) is 0 Å². The molecule has 2 rings (SSSR count). The fourth-order valence-electron chi connectivity index (χ4n) is 10.3. The van der Waals surface area contributed by atoms with E-state index in [2.05, 4.69) is 31.3 Å². The Kier molecular flexibility index (Phi) is 43.9. The lowest BCUT2D eigenvalue weighted by atomic mass is 9.97. The number of carbonyl (C=O) groups is 1. The molecule has 0 aliphatic carbocycles. The third-order valence-electron chi connectivity index (χ3n) is 15.4. The highest BCUT2D eigenvalue weighted by molar-refractivity contribution is 5.76. The Hall–Kier alpha value is -1.53. The van der Waals surface area contributed by atoms with Crippen LogP contribution in [0.4, 0.5) is 0 Å². The number of amides is 1. The number of hydrogen-bond acceptors (Lipinski definition) is 13. The smallest absolute Gasteiger partial charge is 0.220 e. The lowest BCUT2D eigenvalue weighted by Gasteiger charge is -2.46. The monoisotopic (exact) mass is 1070 g/mol. The SMILES string of the molecule is CCCCCCCCC/C=C\CCCCCCCCCC(=O)NC(COC1OC(CO)C(OC2OC(CO)C(O)C(O)C2O)C(O)C1O)C(O)/C=C/CCCCCCCCCCCCCCCCCCCCCCC. The van der Waals surface area contributed by atoms with E-state index in [9.17, 15) is 45.6 Å². The summed E-state index contributed by atoms with van der Waals surface area (Å²) in [6, 6.07) is -0.915. The first kappa shape index (κ1) is 69.6. The molecular formula is C61H115NO13. The van der Waals surface area contributed by atoms with E-state index in [1.807, 2.05) is 6.08 Å². The van der Waals surface area contributed by atoms with Gasteiger partial charge < -0.3 is 65.1 Å². The molecule has 0 radical (unpaired) electrons. The summed E-state index contributed by atoms with van der Waals surface area (Å²) in [4.78, 5) is 13.3. The van der Waals surface area contributed by atoms with E-state index >= 15 is 0 Å². The van der Waals surface area contributed by atoms with Gasteiger partial charge in [-0.3, -0.25) is 4.79 Å². The summed E-state index contributed by atoms with van der Waals surface area (Å²) in [5.41, 5.74) is 0. The summed E-state index contributed by atoms with van der Waals surface area (Å²) in [6.45, 7) is 2.82. The highest BCUT2D eigenvalue weighted by Crippen LogP contribution is 2.30. The summed E-state index contributed by atoms with van der Waals surface area (Å²) in [5.74, 6) is -0.241. The first-order valence-corrected chi connectivity index (χ1v) is 31.1. The zero-order valence-corrected chi connectivity index (χ0v) is 47.6. The zero-order valence-electron chi connectivity index (χ0n) is 47.6. The Labute approximate surface area is 456 Å². The van der Waals surface area contributed by atoms with Crippen LogP contribution in [0.1, 0.15) is 264 Å². The average molecular weight is 1070 g/mol. The Bertz CT molecular complexity index is 1350. The third-order valence-corrected chi connectivity index (χ3v) is 15.4. The molecule has 0 bridgehead atoms. The fraction of sp³-hybridized carbons (Fsp3) is 0.918. The van der Waals surface area contributed by atoms with Crippen LogP contribution in [0.15, 0.2) is 24.3 Å². The predicted octanol–water partition coefficient (Wildman–Crippen LogP) is 10.8. The molecule has 2 fully saturated rings. The maximum Gasteiger partial charge on any atom is 0.220 e. The van der Waals surface area contributed by atoms with Crippen LogP contribution in [0, 0.1) is 0 Å². The molecule has 9 N–H and O–H groups in total. The van der Waals surface area contributed by atoms with E-state index in [1.54, 1.807) is 6.08 Å². The van der Waals surface area contributed by atoms with Crippen molar-refractivity contribution in [2.24, 2.45) is 0 Å². The van der Waals surface area contributed by atoms with Crippen LogP contribution < -0.4 is 5.32 Å². The van der Waals surface area contributed by atoms with Gasteiger partial charge >= 0.3 is 0 Å². The molecule has 75 heavy (non-hydrogen) atoms. The number of allylic oxidation sites excluding steroid dienone is 3. The van der Waals surface area contributed by atoms with Crippen LogP contribution in [-0.2, 0) is 23.7 Å². The number of nitrogens with one attached hydrogen (secondary N) is 1. The van der Waals surface area contributed by atoms with Gasteiger partial charge in [0.25, 0.3) is 0 Å². The number of carbonyl (C=O) groups excluding carboxylic acids is 1. The molecule has 12 unspecified atom stereocenters. The molecule has 0 saturated carbocycles. The van der Waals surface area contributed by atoms with Crippen molar-refractivity contribution in [2.45, 2.75) is 338 Å². The molecule has 14 nitrogen and oxygen atoms in total. The highest BCUT2D eigenvalue weighted by Gasteiger charge is 2.51. The molecule has 2 aliphatic heterocycles. The second-order valence-electron chi connectivity index (χ2n) is 22.2. The molecule has 0 aromatic rings. The number of hydrogen-bond donors (Lipinski definition) is 9. The third kappa shape index (κ3) is 33.0. The average Bonchev–Trinajstić information content (AvgIpc) is 3.41. The number of unbranched alkanes of at least 4 members (excludes halogenated alkanes) is 35. The summed E-state index contributed by atoms with van der Waals surface area (Å²) in [6.07, 6.45) is 39.3. The Morgan fingerprint density at radius 2 is 0.840 bits per heavy atom. The number of aliphatic hydroxyl groups is 8. The van der Waals surface area contributed by atoms with Gasteiger partial charge in [0.1, 0.15) is 48.8 Å². The molecule has 0 aromatic carbocycles. The molecule has 12 atom stereocenters. The van der Waals surface area contributed by atoms with Crippen LogP contribution in [-0.4, -0.2) is 140 Å². The van der Waals surface area contributed by atoms with Crippen LogP contribution >= 0.6 is 0 Å². The number of aliphatic hydroxyl groups excluding tert-OH is 8. The van der Waals surface area contributed by atoms with Crippen molar-refractivity contribution in [2.75, 3.05) is 19.8 Å². The van der Waals surface area contributed by atoms with Crippen LogP contribution in [0.25, 0.3) is 0 Å². The molecule has 2 aliphatic rings. The summed E-state index contributed by atoms with van der Waals surface area (Å²) < 4.78 is 22.8. The minimum absolute atomic E-state index is 0.241. The maximum absolute atomic E-state index is 13.3. The number of ether oxygens (including phenoxy) is 4. The molecular weight excluding hydrogens is 955 g/mol. The largest absolute Gasteiger partial charge is 0.394 e. The Morgan fingerprint density at radius 1 is 0.467 bits per heavy atom.